The summed E-state index contributed by atoms with van der Waals surface area (Å²) >= 11 is 0. The topological polar surface area (TPSA) is 64.2 Å². The molecular weight excluding hydrogens is 302 g/mol. The van der Waals surface area contributed by atoms with Crippen LogP contribution in [-0.2, 0) is 7.05 Å². The molecule has 6 heteroatoms. The molecule has 0 spiro atoms. The summed E-state index contributed by atoms with van der Waals surface area (Å²) in [5.41, 5.74) is 3.68. The number of anilines is 1. The molecule has 1 aromatic carbocycles. The lowest BCUT2D eigenvalue weighted by Gasteiger charge is -2.01. The molecule has 1 amide bonds. The number of carbonyl (C=O) groups excluding carboxylic acids is 1. The molecule has 4 aromatic rings. The molecule has 0 bridgehead atoms. The van der Waals surface area contributed by atoms with Gasteiger partial charge in [-0.05, 0) is 24.3 Å². The van der Waals surface area contributed by atoms with Crippen molar-refractivity contribution in [1.82, 2.24) is 18.9 Å². The highest BCUT2D eigenvalue weighted by Gasteiger charge is 2.12. The summed E-state index contributed by atoms with van der Waals surface area (Å²) in [5.74, 6) is -0.232. The van der Waals surface area contributed by atoms with Crippen molar-refractivity contribution in [2.24, 2.45) is 7.05 Å². The lowest BCUT2D eigenvalue weighted by Crippen LogP contribution is -2.11. The molecule has 0 atom stereocenters. The number of amides is 1. The van der Waals surface area contributed by atoms with Crippen LogP contribution in [0.3, 0.4) is 0 Å². The Labute approximate surface area is 138 Å². The average molecular weight is 317 g/mol. The van der Waals surface area contributed by atoms with E-state index in [9.17, 15) is 4.79 Å². The maximum atomic E-state index is 12.3. The molecule has 24 heavy (non-hydrogen) atoms. The molecule has 0 fully saturated rings. The normalized spacial score (nSPS) is 10.9. The van der Waals surface area contributed by atoms with Crippen molar-refractivity contribution in [1.29, 1.82) is 0 Å². The zero-order valence-corrected chi connectivity index (χ0v) is 13.0. The predicted molar refractivity (Wildman–Crippen MR) is 91.8 cm³/mol. The van der Waals surface area contributed by atoms with Crippen LogP contribution in [0.4, 0.5) is 5.69 Å². The van der Waals surface area contributed by atoms with E-state index in [4.69, 9.17) is 0 Å². The number of hydrogen-bond donors (Lipinski definition) is 1. The van der Waals surface area contributed by atoms with Crippen LogP contribution in [0, 0.1) is 0 Å². The second-order valence-electron chi connectivity index (χ2n) is 5.55. The molecule has 0 saturated heterocycles. The molecule has 0 radical (unpaired) electrons. The quantitative estimate of drug-likeness (QED) is 0.632. The minimum absolute atomic E-state index is 0.232. The lowest BCUT2D eigenvalue weighted by atomic mass is 10.2. The molecule has 0 aliphatic rings. The van der Waals surface area contributed by atoms with Gasteiger partial charge in [0.2, 0.25) is 0 Å². The highest BCUT2D eigenvalue weighted by atomic mass is 16.1. The Morgan fingerprint density at radius 2 is 1.88 bits per heavy atom. The number of aromatic nitrogens is 4. The van der Waals surface area contributed by atoms with Crippen molar-refractivity contribution < 1.29 is 4.79 Å². The molecule has 0 aliphatic heterocycles. The van der Waals surface area contributed by atoms with E-state index in [0.29, 0.717) is 11.3 Å². The molecule has 6 nitrogen and oxygen atoms in total. The van der Waals surface area contributed by atoms with Crippen LogP contribution in [0.5, 0.6) is 0 Å². The first-order chi connectivity index (χ1) is 11.7. The molecule has 4 rings (SSSR count). The van der Waals surface area contributed by atoms with Crippen molar-refractivity contribution in [2.75, 3.05) is 5.32 Å². The highest BCUT2D eigenvalue weighted by Crippen LogP contribution is 2.18. The second kappa shape index (κ2) is 5.66. The summed E-state index contributed by atoms with van der Waals surface area (Å²) in [5, 5.41) is 2.84. The number of imidazole rings is 2. The number of aryl methyl sites for hydroxylation is 1. The number of pyridine rings is 1. The molecule has 0 saturated carbocycles. The van der Waals surface area contributed by atoms with E-state index in [1.54, 1.807) is 12.5 Å². The smallest absolute Gasteiger partial charge is 0.275 e. The van der Waals surface area contributed by atoms with Crippen LogP contribution in [0.1, 0.15) is 10.5 Å². The van der Waals surface area contributed by atoms with Crippen LogP contribution in [-0.4, -0.2) is 24.8 Å². The number of fused-ring (bicyclic) bond motifs is 1. The summed E-state index contributed by atoms with van der Waals surface area (Å²) in [6.45, 7) is 0. The number of nitrogens with one attached hydrogen (secondary N) is 1. The fourth-order valence-corrected chi connectivity index (χ4v) is 2.53. The van der Waals surface area contributed by atoms with E-state index in [1.165, 1.54) is 0 Å². The Balaban J connectivity index is 1.64. The number of hydrogen-bond acceptors (Lipinski definition) is 3. The molecule has 3 heterocycles. The van der Waals surface area contributed by atoms with E-state index in [0.717, 1.165) is 16.9 Å². The lowest BCUT2D eigenvalue weighted by molar-refractivity contribution is 0.102. The van der Waals surface area contributed by atoms with E-state index < -0.39 is 0 Å². The molecule has 0 aliphatic carbocycles. The fourth-order valence-electron chi connectivity index (χ4n) is 2.53. The first kappa shape index (κ1) is 14.2. The molecule has 0 unspecified atom stereocenters. The van der Waals surface area contributed by atoms with Gasteiger partial charge in [0.15, 0.2) is 0 Å². The van der Waals surface area contributed by atoms with E-state index >= 15 is 0 Å². The van der Waals surface area contributed by atoms with Crippen molar-refractivity contribution in [3.8, 4) is 11.3 Å². The van der Waals surface area contributed by atoms with Gasteiger partial charge in [-0.1, -0.05) is 18.2 Å². The Bertz CT molecular complexity index is 1020. The zero-order chi connectivity index (χ0) is 16.5. The molecule has 118 valence electrons. The summed E-state index contributed by atoms with van der Waals surface area (Å²) in [6, 6.07) is 13.2. The van der Waals surface area contributed by atoms with E-state index in [1.807, 2.05) is 70.9 Å². The maximum absolute atomic E-state index is 12.3. The third-order valence-corrected chi connectivity index (χ3v) is 3.72. The van der Waals surface area contributed by atoms with Gasteiger partial charge in [-0.2, -0.15) is 0 Å². The monoisotopic (exact) mass is 317 g/mol. The third kappa shape index (κ3) is 2.65. The number of benzene rings is 1. The first-order valence-electron chi connectivity index (χ1n) is 7.52. The largest absolute Gasteiger partial charge is 0.340 e. The van der Waals surface area contributed by atoms with Gasteiger partial charge in [0.05, 0.1) is 12.0 Å². The van der Waals surface area contributed by atoms with Crippen LogP contribution >= 0.6 is 0 Å². The predicted octanol–water partition coefficient (Wildman–Crippen LogP) is 2.99. The minimum atomic E-state index is -0.232. The number of rotatable bonds is 3. The van der Waals surface area contributed by atoms with Crippen molar-refractivity contribution in [3.05, 3.63) is 73.1 Å². The number of para-hydroxylation sites is 1. The van der Waals surface area contributed by atoms with E-state index in [2.05, 4.69) is 15.3 Å². The highest BCUT2D eigenvalue weighted by molar-refractivity contribution is 6.03. The number of nitrogens with zero attached hydrogens (tertiary/aromatic N) is 4. The van der Waals surface area contributed by atoms with Gasteiger partial charge in [-0.25, -0.2) is 9.97 Å². The van der Waals surface area contributed by atoms with Crippen LogP contribution < -0.4 is 5.32 Å². The Kier molecular flexibility index (Phi) is 3.35. The first-order valence-corrected chi connectivity index (χ1v) is 7.52. The summed E-state index contributed by atoms with van der Waals surface area (Å²) in [4.78, 5) is 21.1. The van der Waals surface area contributed by atoms with Gasteiger partial charge in [0.25, 0.3) is 5.91 Å². The van der Waals surface area contributed by atoms with Gasteiger partial charge in [0.1, 0.15) is 11.3 Å². The van der Waals surface area contributed by atoms with Crippen molar-refractivity contribution >= 4 is 17.2 Å². The van der Waals surface area contributed by atoms with Gasteiger partial charge in [-0.3, -0.25) is 4.79 Å². The van der Waals surface area contributed by atoms with Crippen LogP contribution in [0.15, 0.2) is 67.4 Å². The van der Waals surface area contributed by atoms with Gasteiger partial charge < -0.3 is 14.3 Å². The summed E-state index contributed by atoms with van der Waals surface area (Å²) < 4.78 is 3.73. The Morgan fingerprint density at radius 1 is 1.04 bits per heavy atom. The van der Waals surface area contributed by atoms with Crippen molar-refractivity contribution in [3.63, 3.8) is 0 Å². The Hall–Kier alpha value is -3.41. The standard InChI is InChI=1S/C18H15N5O/c1-22-10-15(19-12-22)13-7-8-17-21-16(11-23(17)9-13)18(24)20-14-5-3-2-4-6-14/h2-12H,1H3,(H,20,24). The molecular formula is C18H15N5O. The zero-order valence-electron chi connectivity index (χ0n) is 13.0. The van der Waals surface area contributed by atoms with Gasteiger partial charge in [-0.15, -0.1) is 0 Å². The SMILES string of the molecule is Cn1cnc(-c2ccc3nc(C(=O)Nc4ccccc4)cn3c2)c1. The van der Waals surface area contributed by atoms with Gasteiger partial charge in [0, 0.05) is 36.9 Å². The molecule has 1 N–H and O–H groups in total. The average Bonchev–Trinajstić information content (AvgIpc) is 3.21. The molecule has 3 aromatic heterocycles. The van der Waals surface area contributed by atoms with Gasteiger partial charge >= 0.3 is 0 Å². The third-order valence-electron chi connectivity index (χ3n) is 3.72. The number of carbonyl (C=O) groups is 1. The van der Waals surface area contributed by atoms with E-state index in [-0.39, 0.29) is 5.91 Å². The Morgan fingerprint density at radius 3 is 2.62 bits per heavy atom. The second-order valence-corrected chi connectivity index (χ2v) is 5.55. The van der Waals surface area contributed by atoms with Crippen LogP contribution in [0.2, 0.25) is 0 Å². The summed E-state index contributed by atoms with van der Waals surface area (Å²) in [7, 11) is 1.93. The van der Waals surface area contributed by atoms with Crippen LogP contribution in [0.25, 0.3) is 16.9 Å². The minimum Gasteiger partial charge on any atom is -0.340 e. The fraction of sp³-hybridized carbons (Fsp3) is 0.0556. The maximum Gasteiger partial charge on any atom is 0.275 e. The van der Waals surface area contributed by atoms with Crippen molar-refractivity contribution in [2.45, 2.75) is 0 Å². The summed E-state index contributed by atoms with van der Waals surface area (Å²) in [6.07, 6.45) is 7.34.